The lowest BCUT2D eigenvalue weighted by atomic mass is 9.93. The normalized spacial score (nSPS) is 26.3. The Morgan fingerprint density at radius 2 is 2.14 bits per heavy atom. The minimum Gasteiger partial charge on any atom is -0.335 e. The Labute approximate surface area is 131 Å². The molecule has 0 spiro atoms. The van der Waals surface area contributed by atoms with Gasteiger partial charge in [0.15, 0.2) is 0 Å². The fourth-order valence-corrected chi connectivity index (χ4v) is 4.78. The minimum absolute atomic E-state index is 0.235. The molecule has 3 rings (SSSR count). The summed E-state index contributed by atoms with van der Waals surface area (Å²) in [7, 11) is 0. The number of aryl methyl sites for hydroxylation is 2. The average molecular weight is 306 g/mol. The Bertz CT molecular complexity index is 487. The zero-order valence-corrected chi connectivity index (χ0v) is 13.8. The van der Waals surface area contributed by atoms with Crippen LogP contribution in [-0.4, -0.2) is 29.9 Å². The fourth-order valence-electron chi connectivity index (χ4n) is 3.57. The van der Waals surface area contributed by atoms with Crippen molar-refractivity contribution in [2.75, 3.05) is 13.1 Å². The van der Waals surface area contributed by atoms with Crippen molar-refractivity contribution >= 4 is 17.2 Å². The molecule has 1 aromatic heterocycles. The largest absolute Gasteiger partial charge is 0.335 e. The average Bonchev–Trinajstić information content (AvgIpc) is 2.78. The Kier molecular flexibility index (Phi) is 4.65. The van der Waals surface area contributed by atoms with Crippen LogP contribution in [0.1, 0.15) is 59.1 Å². The van der Waals surface area contributed by atoms with Crippen LogP contribution in [0, 0.1) is 5.92 Å². The van der Waals surface area contributed by atoms with Crippen LogP contribution in [0.2, 0.25) is 0 Å². The summed E-state index contributed by atoms with van der Waals surface area (Å²) in [5.74, 6) is 0.710. The molecule has 1 aliphatic heterocycles. The molecule has 2 aliphatic rings. The summed E-state index contributed by atoms with van der Waals surface area (Å²) in [6.45, 7) is 3.69. The van der Waals surface area contributed by atoms with Gasteiger partial charge in [0.25, 0.3) is 5.91 Å². The molecule has 1 aliphatic carbocycles. The molecule has 0 bridgehead atoms. The summed E-state index contributed by atoms with van der Waals surface area (Å²) in [6.07, 6.45) is 8.42. The maximum Gasteiger partial charge on any atom is 0.264 e. The van der Waals surface area contributed by atoms with Gasteiger partial charge in [-0.3, -0.25) is 4.79 Å². The van der Waals surface area contributed by atoms with Crippen molar-refractivity contribution in [1.82, 2.24) is 4.90 Å². The van der Waals surface area contributed by atoms with E-state index in [1.807, 2.05) is 0 Å². The van der Waals surface area contributed by atoms with E-state index in [9.17, 15) is 4.79 Å². The maximum atomic E-state index is 12.9. The number of nitrogens with zero attached hydrogens (tertiary/aromatic N) is 1. The van der Waals surface area contributed by atoms with Crippen LogP contribution < -0.4 is 5.73 Å². The first-order chi connectivity index (χ1) is 10.2. The summed E-state index contributed by atoms with van der Waals surface area (Å²) < 4.78 is 0. The SMILES string of the molecule is CC1CCC(CN)CN1C(=O)c1cc2c(s1)CCCCC2. The van der Waals surface area contributed by atoms with E-state index in [0.29, 0.717) is 18.5 Å². The van der Waals surface area contributed by atoms with Gasteiger partial charge >= 0.3 is 0 Å². The van der Waals surface area contributed by atoms with Gasteiger partial charge in [-0.1, -0.05) is 6.42 Å². The molecule has 3 nitrogen and oxygen atoms in total. The van der Waals surface area contributed by atoms with Crippen LogP contribution in [0.15, 0.2) is 6.07 Å². The predicted octanol–water partition coefficient (Wildman–Crippen LogP) is 3.22. The van der Waals surface area contributed by atoms with Crippen LogP contribution in [0.4, 0.5) is 0 Å². The molecule has 21 heavy (non-hydrogen) atoms. The van der Waals surface area contributed by atoms with Gasteiger partial charge in [0.05, 0.1) is 4.88 Å². The zero-order chi connectivity index (χ0) is 14.8. The van der Waals surface area contributed by atoms with Crippen molar-refractivity contribution in [3.05, 3.63) is 21.4 Å². The standard InChI is InChI=1S/C17H26N2OS/c1-12-7-8-13(10-18)11-19(12)17(20)16-9-14-5-3-2-4-6-15(14)21-16/h9,12-13H,2-8,10-11,18H2,1H3. The highest BCUT2D eigenvalue weighted by Crippen LogP contribution is 2.31. The molecule has 1 aromatic rings. The van der Waals surface area contributed by atoms with Crippen molar-refractivity contribution in [2.24, 2.45) is 11.7 Å². The van der Waals surface area contributed by atoms with Crippen LogP contribution in [0.3, 0.4) is 0 Å². The molecule has 2 atom stereocenters. The molecular weight excluding hydrogens is 280 g/mol. The van der Waals surface area contributed by atoms with Crippen molar-refractivity contribution in [3.63, 3.8) is 0 Å². The van der Waals surface area contributed by atoms with Gasteiger partial charge in [-0.25, -0.2) is 0 Å². The smallest absolute Gasteiger partial charge is 0.264 e. The van der Waals surface area contributed by atoms with Crippen molar-refractivity contribution in [3.8, 4) is 0 Å². The summed E-state index contributed by atoms with van der Waals surface area (Å²) in [5.41, 5.74) is 7.24. The van der Waals surface area contributed by atoms with E-state index >= 15 is 0 Å². The van der Waals surface area contributed by atoms with Crippen LogP contribution in [-0.2, 0) is 12.8 Å². The quantitative estimate of drug-likeness (QED) is 0.853. The number of rotatable bonds is 2. The molecule has 0 radical (unpaired) electrons. The second kappa shape index (κ2) is 6.49. The molecule has 1 amide bonds. The zero-order valence-electron chi connectivity index (χ0n) is 12.9. The molecule has 2 unspecified atom stereocenters. The highest BCUT2D eigenvalue weighted by Gasteiger charge is 2.30. The molecular formula is C17H26N2OS. The number of piperidine rings is 1. The van der Waals surface area contributed by atoms with Gasteiger partial charge < -0.3 is 10.6 Å². The second-order valence-electron chi connectivity index (χ2n) is 6.61. The number of carbonyl (C=O) groups excluding carboxylic acids is 1. The summed E-state index contributed by atoms with van der Waals surface area (Å²) in [4.78, 5) is 17.3. The van der Waals surface area contributed by atoms with Gasteiger partial charge in [0.2, 0.25) is 0 Å². The highest BCUT2D eigenvalue weighted by atomic mass is 32.1. The van der Waals surface area contributed by atoms with Gasteiger partial charge in [-0.05, 0) is 69.5 Å². The molecule has 1 fully saturated rings. The van der Waals surface area contributed by atoms with E-state index in [0.717, 1.165) is 37.1 Å². The molecule has 2 N–H and O–H groups in total. The highest BCUT2D eigenvalue weighted by molar-refractivity contribution is 7.14. The first-order valence-electron chi connectivity index (χ1n) is 8.31. The first-order valence-corrected chi connectivity index (χ1v) is 9.13. The monoisotopic (exact) mass is 306 g/mol. The number of amides is 1. The Hall–Kier alpha value is -0.870. The van der Waals surface area contributed by atoms with E-state index in [1.54, 1.807) is 11.3 Å². The summed E-state index contributed by atoms with van der Waals surface area (Å²) >= 11 is 1.74. The van der Waals surface area contributed by atoms with Crippen molar-refractivity contribution in [2.45, 2.75) is 57.9 Å². The lowest BCUT2D eigenvalue weighted by molar-refractivity contribution is 0.0572. The van der Waals surface area contributed by atoms with Crippen molar-refractivity contribution in [1.29, 1.82) is 0 Å². The number of nitrogens with two attached hydrogens (primary N) is 1. The Morgan fingerprint density at radius 1 is 1.33 bits per heavy atom. The fraction of sp³-hybridized carbons (Fsp3) is 0.706. The number of likely N-dealkylation sites (tertiary alicyclic amines) is 1. The predicted molar refractivity (Wildman–Crippen MR) is 87.9 cm³/mol. The topological polar surface area (TPSA) is 46.3 Å². The van der Waals surface area contributed by atoms with Gasteiger partial charge in [-0.2, -0.15) is 0 Å². The summed E-state index contributed by atoms with van der Waals surface area (Å²) in [6, 6.07) is 2.52. The third-order valence-corrected chi connectivity index (χ3v) is 6.26. The number of fused-ring (bicyclic) bond motifs is 1. The number of thiophene rings is 1. The molecule has 116 valence electrons. The van der Waals surface area contributed by atoms with Crippen LogP contribution in [0.5, 0.6) is 0 Å². The van der Waals surface area contributed by atoms with E-state index in [-0.39, 0.29) is 5.91 Å². The molecule has 1 saturated heterocycles. The minimum atomic E-state index is 0.235. The molecule has 2 heterocycles. The molecule has 4 heteroatoms. The van der Waals surface area contributed by atoms with E-state index in [4.69, 9.17) is 5.73 Å². The lowest BCUT2D eigenvalue weighted by Gasteiger charge is -2.37. The van der Waals surface area contributed by atoms with E-state index in [2.05, 4.69) is 17.9 Å². The number of hydrogen-bond acceptors (Lipinski definition) is 3. The molecule has 0 saturated carbocycles. The van der Waals surface area contributed by atoms with Crippen LogP contribution >= 0.6 is 11.3 Å². The number of carbonyl (C=O) groups is 1. The van der Waals surface area contributed by atoms with Gasteiger partial charge in [-0.15, -0.1) is 11.3 Å². The van der Waals surface area contributed by atoms with Crippen molar-refractivity contribution < 1.29 is 4.79 Å². The summed E-state index contributed by atoms with van der Waals surface area (Å²) in [5, 5.41) is 0. The molecule has 0 aromatic carbocycles. The Morgan fingerprint density at radius 3 is 2.95 bits per heavy atom. The number of hydrogen-bond donors (Lipinski definition) is 1. The first kappa shape index (κ1) is 15.0. The lowest BCUT2D eigenvalue weighted by Crippen LogP contribution is -2.46. The van der Waals surface area contributed by atoms with Gasteiger partial charge in [0.1, 0.15) is 0 Å². The Balaban J connectivity index is 1.78. The van der Waals surface area contributed by atoms with Gasteiger partial charge in [0, 0.05) is 17.5 Å². The van der Waals surface area contributed by atoms with Crippen LogP contribution in [0.25, 0.3) is 0 Å². The third kappa shape index (κ3) is 3.16. The van der Waals surface area contributed by atoms with E-state index in [1.165, 1.54) is 29.7 Å². The maximum absolute atomic E-state index is 12.9. The van der Waals surface area contributed by atoms with E-state index < -0.39 is 0 Å². The second-order valence-corrected chi connectivity index (χ2v) is 7.74. The third-order valence-electron chi connectivity index (χ3n) is 5.03.